The molecule has 5 nitrogen and oxygen atoms in total. The molecule has 0 spiro atoms. The molecule has 2 aliphatic rings. The molecule has 2 heterocycles. The number of likely N-dealkylation sites (N-methyl/N-ethyl adjacent to an activating group) is 1. The van der Waals surface area contributed by atoms with Crippen molar-refractivity contribution < 1.29 is 22.6 Å². The van der Waals surface area contributed by atoms with Crippen molar-refractivity contribution in [2.45, 2.75) is 19.2 Å². The fraction of sp³-hybridized carbons (Fsp3) is 1.00. The third-order valence-corrected chi connectivity index (χ3v) is 4.41. The van der Waals surface area contributed by atoms with E-state index in [-0.39, 0.29) is 12.7 Å². The Bertz CT molecular complexity index is 336. The topological polar surface area (TPSA) is 28.2 Å². The molecule has 0 bridgehead atoms. The van der Waals surface area contributed by atoms with Crippen molar-refractivity contribution >= 4 is 0 Å². The molecular formula is C15H28F3N3O2. The molecule has 0 unspecified atom stereocenters. The third-order valence-electron chi connectivity index (χ3n) is 4.41. The molecule has 0 aromatic carbocycles. The number of nitrogens with zero attached hydrogens (tertiary/aromatic N) is 3. The van der Waals surface area contributed by atoms with Gasteiger partial charge >= 0.3 is 6.18 Å². The highest BCUT2D eigenvalue weighted by Gasteiger charge is 2.28. The van der Waals surface area contributed by atoms with Crippen LogP contribution in [-0.4, -0.2) is 106 Å². The number of rotatable bonds is 7. The lowest BCUT2D eigenvalue weighted by Crippen LogP contribution is -2.52. The van der Waals surface area contributed by atoms with E-state index in [0.29, 0.717) is 6.54 Å². The van der Waals surface area contributed by atoms with Gasteiger partial charge in [0.05, 0.1) is 19.3 Å². The minimum atomic E-state index is -4.23. The van der Waals surface area contributed by atoms with E-state index < -0.39 is 12.8 Å². The van der Waals surface area contributed by atoms with E-state index in [0.717, 1.165) is 59.0 Å². The van der Waals surface area contributed by atoms with Crippen molar-refractivity contribution in [2.75, 3.05) is 78.7 Å². The van der Waals surface area contributed by atoms with Gasteiger partial charge < -0.3 is 9.47 Å². The fourth-order valence-electron chi connectivity index (χ4n) is 3.04. The molecular weight excluding hydrogens is 311 g/mol. The molecule has 8 heteroatoms. The standard InChI is InChI=1S/C15H28F3N3O2/c1-2-19-8-10-23-14(11-19)12-21-5-3-20(4-6-21)7-9-22-13-15(16,17)18/h14H,2-13H2,1H3/t14-/m0/s1. The minimum absolute atomic E-state index is 0.136. The van der Waals surface area contributed by atoms with Crippen molar-refractivity contribution in [3.05, 3.63) is 0 Å². The van der Waals surface area contributed by atoms with Gasteiger partial charge in [0, 0.05) is 52.4 Å². The summed E-state index contributed by atoms with van der Waals surface area (Å²) in [7, 11) is 0. The smallest absolute Gasteiger partial charge is 0.374 e. The average Bonchev–Trinajstić information content (AvgIpc) is 2.52. The maximum absolute atomic E-state index is 12.0. The number of alkyl halides is 3. The van der Waals surface area contributed by atoms with Crippen molar-refractivity contribution in [3.8, 4) is 0 Å². The van der Waals surface area contributed by atoms with E-state index in [1.54, 1.807) is 0 Å². The van der Waals surface area contributed by atoms with Crippen LogP contribution in [0.15, 0.2) is 0 Å². The van der Waals surface area contributed by atoms with Gasteiger partial charge in [-0.15, -0.1) is 0 Å². The maximum atomic E-state index is 12.0. The van der Waals surface area contributed by atoms with Gasteiger partial charge in [-0.2, -0.15) is 13.2 Å². The van der Waals surface area contributed by atoms with Crippen LogP contribution in [0.5, 0.6) is 0 Å². The van der Waals surface area contributed by atoms with Crippen molar-refractivity contribution in [1.82, 2.24) is 14.7 Å². The minimum Gasteiger partial charge on any atom is -0.374 e. The molecule has 0 amide bonds. The highest BCUT2D eigenvalue weighted by molar-refractivity contribution is 4.78. The quantitative estimate of drug-likeness (QED) is 0.643. The van der Waals surface area contributed by atoms with Crippen molar-refractivity contribution in [3.63, 3.8) is 0 Å². The van der Waals surface area contributed by atoms with E-state index in [4.69, 9.17) is 4.74 Å². The lowest BCUT2D eigenvalue weighted by atomic mass is 10.2. The number of hydrogen-bond acceptors (Lipinski definition) is 5. The van der Waals surface area contributed by atoms with Gasteiger partial charge in [-0.3, -0.25) is 14.7 Å². The summed E-state index contributed by atoms with van der Waals surface area (Å²) in [4.78, 5) is 6.95. The Balaban J connectivity index is 1.57. The third kappa shape index (κ3) is 7.34. The van der Waals surface area contributed by atoms with Crippen LogP contribution >= 0.6 is 0 Å². The number of ether oxygens (including phenoxy) is 2. The Hall–Kier alpha value is -0.410. The summed E-state index contributed by atoms with van der Waals surface area (Å²) < 4.78 is 46.5. The van der Waals surface area contributed by atoms with Gasteiger partial charge in [0.1, 0.15) is 6.61 Å². The van der Waals surface area contributed by atoms with Crippen LogP contribution in [0.25, 0.3) is 0 Å². The Kier molecular flexibility index (Phi) is 7.55. The Morgan fingerprint density at radius 1 is 1.04 bits per heavy atom. The van der Waals surface area contributed by atoms with E-state index in [1.807, 2.05) is 0 Å². The lowest BCUT2D eigenvalue weighted by Gasteiger charge is -2.39. The summed E-state index contributed by atoms with van der Waals surface area (Å²) in [6.45, 7) is 10.1. The van der Waals surface area contributed by atoms with Gasteiger partial charge in [-0.25, -0.2) is 0 Å². The second-order valence-corrected chi connectivity index (χ2v) is 6.20. The van der Waals surface area contributed by atoms with Gasteiger partial charge in [0.25, 0.3) is 0 Å². The largest absolute Gasteiger partial charge is 0.411 e. The summed E-state index contributed by atoms with van der Waals surface area (Å²) in [6, 6.07) is 0. The summed E-state index contributed by atoms with van der Waals surface area (Å²) in [5, 5.41) is 0. The zero-order valence-electron chi connectivity index (χ0n) is 13.9. The summed E-state index contributed by atoms with van der Waals surface area (Å²) >= 11 is 0. The van der Waals surface area contributed by atoms with E-state index in [2.05, 4.69) is 26.4 Å². The predicted molar refractivity (Wildman–Crippen MR) is 81.6 cm³/mol. The van der Waals surface area contributed by atoms with Crippen molar-refractivity contribution in [1.29, 1.82) is 0 Å². The van der Waals surface area contributed by atoms with Crippen LogP contribution in [0, 0.1) is 0 Å². The van der Waals surface area contributed by atoms with Crippen LogP contribution in [-0.2, 0) is 9.47 Å². The Labute approximate surface area is 136 Å². The first-order valence-corrected chi connectivity index (χ1v) is 8.39. The second kappa shape index (κ2) is 9.17. The summed E-state index contributed by atoms with van der Waals surface area (Å²) in [5.74, 6) is 0. The Morgan fingerprint density at radius 2 is 1.74 bits per heavy atom. The molecule has 0 aliphatic carbocycles. The SMILES string of the molecule is CCN1CCO[C@H](CN2CCN(CCOCC(F)(F)F)CC2)C1. The van der Waals surface area contributed by atoms with Gasteiger partial charge in [-0.05, 0) is 6.54 Å². The molecule has 0 aromatic rings. The van der Waals surface area contributed by atoms with Crippen LogP contribution in [0.4, 0.5) is 13.2 Å². The monoisotopic (exact) mass is 339 g/mol. The molecule has 2 fully saturated rings. The number of piperazine rings is 1. The highest BCUT2D eigenvalue weighted by atomic mass is 19.4. The van der Waals surface area contributed by atoms with Crippen LogP contribution < -0.4 is 0 Å². The molecule has 0 aromatic heterocycles. The number of halogens is 3. The summed E-state index contributed by atoms with van der Waals surface area (Å²) in [5.41, 5.74) is 0. The lowest BCUT2D eigenvalue weighted by molar-refractivity contribution is -0.174. The first-order valence-electron chi connectivity index (χ1n) is 8.39. The normalized spacial score (nSPS) is 25.8. The highest BCUT2D eigenvalue weighted by Crippen LogP contribution is 2.14. The van der Waals surface area contributed by atoms with Gasteiger partial charge in [0.15, 0.2) is 0 Å². The average molecular weight is 339 g/mol. The first-order chi connectivity index (χ1) is 11.0. The Morgan fingerprint density at radius 3 is 2.39 bits per heavy atom. The molecule has 0 saturated carbocycles. The summed E-state index contributed by atoms with van der Waals surface area (Å²) in [6.07, 6.45) is -3.96. The number of hydrogen-bond donors (Lipinski definition) is 0. The molecule has 136 valence electrons. The zero-order chi connectivity index (χ0) is 16.7. The number of morpholine rings is 1. The van der Waals surface area contributed by atoms with Gasteiger partial charge in [-0.1, -0.05) is 6.92 Å². The van der Waals surface area contributed by atoms with E-state index in [9.17, 15) is 13.2 Å². The molecule has 2 rings (SSSR count). The zero-order valence-corrected chi connectivity index (χ0v) is 13.9. The molecule has 2 saturated heterocycles. The molecule has 23 heavy (non-hydrogen) atoms. The van der Waals surface area contributed by atoms with Gasteiger partial charge in [0.2, 0.25) is 0 Å². The molecule has 2 aliphatic heterocycles. The van der Waals surface area contributed by atoms with Crippen molar-refractivity contribution in [2.24, 2.45) is 0 Å². The van der Waals surface area contributed by atoms with E-state index in [1.165, 1.54) is 0 Å². The second-order valence-electron chi connectivity index (χ2n) is 6.20. The van der Waals surface area contributed by atoms with Crippen LogP contribution in [0.3, 0.4) is 0 Å². The van der Waals surface area contributed by atoms with E-state index >= 15 is 0 Å². The van der Waals surface area contributed by atoms with Crippen LogP contribution in [0.1, 0.15) is 6.92 Å². The maximum Gasteiger partial charge on any atom is 0.411 e. The molecule has 0 N–H and O–H groups in total. The fourth-order valence-corrected chi connectivity index (χ4v) is 3.04. The molecule has 1 atom stereocenters. The first kappa shape index (κ1) is 18.9. The van der Waals surface area contributed by atoms with Crippen LogP contribution in [0.2, 0.25) is 0 Å². The predicted octanol–water partition coefficient (Wildman–Crippen LogP) is 0.904. The molecule has 0 radical (unpaired) electrons.